The zero-order chi connectivity index (χ0) is 23.3. The average molecular weight is 448 g/mol. The number of benzene rings is 2. The van der Waals surface area contributed by atoms with Crippen LogP contribution in [0.4, 0.5) is 10.5 Å². The Labute approximate surface area is 181 Å². The van der Waals surface area contributed by atoms with Crippen molar-refractivity contribution in [2.75, 3.05) is 11.8 Å². The van der Waals surface area contributed by atoms with E-state index < -0.39 is 34.0 Å². The van der Waals surface area contributed by atoms with Crippen molar-refractivity contribution in [1.82, 2.24) is 10.6 Å². The Kier molecular flexibility index (Phi) is 7.40. The van der Waals surface area contributed by atoms with Gasteiger partial charge in [0, 0.05) is 7.05 Å². The molecule has 10 heteroatoms. The summed E-state index contributed by atoms with van der Waals surface area (Å²) in [7, 11) is -2.67. The maximum atomic E-state index is 13.0. The third kappa shape index (κ3) is 5.82. The number of carbonyl (C=O) groups excluding carboxylic acids is 3. The van der Waals surface area contributed by atoms with Gasteiger partial charge in [-0.1, -0.05) is 29.8 Å². The molecule has 1 unspecified atom stereocenters. The number of nitrogens with one attached hydrogen (secondary N) is 3. The zero-order valence-corrected chi connectivity index (χ0v) is 18.7. The highest BCUT2D eigenvalue weighted by atomic mass is 32.2. The van der Waals surface area contributed by atoms with Gasteiger partial charge >= 0.3 is 12.0 Å². The van der Waals surface area contributed by atoms with Crippen LogP contribution in [0.25, 0.3) is 0 Å². The molecule has 0 spiro atoms. The van der Waals surface area contributed by atoms with E-state index in [2.05, 4.69) is 10.0 Å². The summed E-state index contributed by atoms with van der Waals surface area (Å²) in [5, 5.41) is 4.21. The van der Waals surface area contributed by atoms with Gasteiger partial charge in [0.2, 0.25) is 0 Å². The largest absolute Gasteiger partial charge is 0.449 e. The van der Waals surface area contributed by atoms with Gasteiger partial charge in [-0.3, -0.25) is 14.8 Å². The van der Waals surface area contributed by atoms with Crippen molar-refractivity contribution in [1.29, 1.82) is 0 Å². The van der Waals surface area contributed by atoms with Crippen LogP contribution in [0.3, 0.4) is 0 Å². The number of hydrogen-bond donors (Lipinski definition) is 3. The van der Waals surface area contributed by atoms with Gasteiger partial charge < -0.3 is 10.1 Å². The van der Waals surface area contributed by atoms with E-state index in [4.69, 9.17) is 4.74 Å². The van der Waals surface area contributed by atoms with Crippen LogP contribution in [0.15, 0.2) is 41.3 Å². The molecule has 0 aromatic heterocycles. The molecule has 0 heterocycles. The minimum absolute atomic E-state index is 0.00536. The van der Waals surface area contributed by atoms with E-state index in [0.29, 0.717) is 11.1 Å². The fourth-order valence-electron chi connectivity index (χ4n) is 3.09. The maximum Gasteiger partial charge on any atom is 0.341 e. The highest BCUT2D eigenvalue weighted by molar-refractivity contribution is 7.92. The Morgan fingerprint density at radius 3 is 2.16 bits per heavy atom. The summed E-state index contributed by atoms with van der Waals surface area (Å²) in [5.74, 6) is -1.74. The van der Waals surface area contributed by atoms with Crippen molar-refractivity contribution >= 4 is 33.6 Å². The molecule has 3 N–H and O–H groups in total. The number of rotatable bonds is 6. The SMILES string of the molecule is CNC(=O)NC(=O)C(C)OC(=O)c1ccccc1NS(=O)(=O)c1c(C)cc(C)cc1C. The van der Waals surface area contributed by atoms with Crippen molar-refractivity contribution in [3.63, 3.8) is 0 Å². The van der Waals surface area contributed by atoms with Gasteiger partial charge in [0.05, 0.1) is 16.1 Å². The summed E-state index contributed by atoms with van der Waals surface area (Å²) in [6, 6.07) is 8.66. The van der Waals surface area contributed by atoms with Gasteiger partial charge in [-0.2, -0.15) is 0 Å². The Balaban J connectivity index is 2.29. The van der Waals surface area contributed by atoms with Crippen molar-refractivity contribution < 1.29 is 27.5 Å². The normalized spacial score (nSPS) is 11.9. The molecule has 3 amide bonds. The Morgan fingerprint density at radius 2 is 1.58 bits per heavy atom. The molecule has 0 aliphatic rings. The third-order valence-electron chi connectivity index (χ3n) is 4.38. The van der Waals surface area contributed by atoms with Gasteiger partial charge in [-0.15, -0.1) is 0 Å². The molecule has 31 heavy (non-hydrogen) atoms. The Morgan fingerprint density at radius 1 is 1.00 bits per heavy atom. The van der Waals surface area contributed by atoms with Crippen LogP contribution in [0, 0.1) is 20.8 Å². The fraction of sp³-hybridized carbons (Fsp3) is 0.286. The summed E-state index contributed by atoms with van der Waals surface area (Å²) in [5.41, 5.74) is 2.01. The Bertz CT molecular complexity index is 1100. The van der Waals surface area contributed by atoms with E-state index >= 15 is 0 Å². The average Bonchev–Trinajstić information content (AvgIpc) is 2.66. The third-order valence-corrected chi connectivity index (χ3v) is 6.05. The first-order valence-corrected chi connectivity index (χ1v) is 10.9. The molecule has 1 atom stereocenters. The number of para-hydroxylation sites is 1. The molecule has 0 radical (unpaired) electrons. The second kappa shape index (κ2) is 9.61. The number of imide groups is 1. The second-order valence-corrected chi connectivity index (χ2v) is 8.61. The summed E-state index contributed by atoms with van der Waals surface area (Å²) >= 11 is 0. The number of urea groups is 1. The molecule has 0 bridgehead atoms. The first-order valence-electron chi connectivity index (χ1n) is 9.39. The number of aryl methyl sites for hydroxylation is 3. The number of sulfonamides is 1. The number of carbonyl (C=O) groups is 3. The van der Waals surface area contributed by atoms with Crippen LogP contribution in [-0.2, 0) is 19.6 Å². The topological polar surface area (TPSA) is 131 Å². The molecular weight excluding hydrogens is 422 g/mol. The predicted molar refractivity (Wildman–Crippen MR) is 115 cm³/mol. The lowest BCUT2D eigenvalue weighted by Crippen LogP contribution is -2.43. The minimum atomic E-state index is -4.00. The summed E-state index contributed by atoms with van der Waals surface area (Å²) < 4.78 is 33.6. The summed E-state index contributed by atoms with van der Waals surface area (Å²) in [6.07, 6.45) is -1.28. The molecular formula is C21H25N3O6S. The smallest absolute Gasteiger partial charge is 0.341 e. The van der Waals surface area contributed by atoms with Crippen LogP contribution in [0.2, 0.25) is 0 Å². The number of hydrogen-bond acceptors (Lipinski definition) is 6. The molecule has 2 aromatic rings. The molecule has 2 rings (SSSR count). The molecule has 0 aliphatic carbocycles. The van der Waals surface area contributed by atoms with Gasteiger partial charge in [-0.25, -0.2) is 18.0 Å². The highest BCUT2D eigenvalue weighted by Gasteiger charge is 2.25. The van der Waals surface area contributed by atoms with Crippen LogP contribution >= 0.6 is 0 Å². The number of ether oxygens (including phenoxy) is 1. The van der Waals surface area contributed by atoms with Gasteiger partial charge in [-0.05, 0) is 51.0 Å². The lowest BCUT2D eigenvalue weighted by Gasteiger charge is -2.17. The van der Waals surface area contributed by atoms with Crippen molar-refractivity contribution in [2.45, 2.75) is 38.7 Å². The van der Waals surface area contributed by atoms with E-state index in [-0.39, 0.29) is 16.1 Å². The summed E-state index contributed by atoms with van der Waals surface area (Å²) in [6.45, 7) is 6.56. The maximum absolute atomic E-state index is 13.0. The molecule has 0 fully saturated rings. The van der Waals surface area contributed by atoms with Crippen LogP contribution in [-0.4, -0.2) is 39.5 Å². The van der Waals surface area contributed by atoms with Gasteiger partial charge in [0.25, 0.3) is 15.9 Å². The van der Waals surface area contributed by atoms with Gasteiger partial charge in [0.15, 0.2) is 6.10 Å². The number of esters is 1. The minimum Gasteiger partial charge on any atom is -0.449 e. The first-order chi connectivity index (χ1) is 14.5. The summed E-state index contributed by atoms with van der Waals surface area (Å²) in [4.78, 5) is 35.9. The van der Waals surface area contributed by atoms with E-state index in [0.717, 1.165) is 5.56 Å². The lowest BCUT2D eigenvalue weighted by molar-refractivity contribution is -0.127. The monoisotopic (exact) mass is 447 g/mol. The van der Waals surface area contributed by atoms with E-state index in [1.807, 2.05) is 12.2 Å². The predicted octanol–water partition coefficient (Wildman–Crippen LogP) is 2.41. The van der Waals surface area contributed by atoms with E-state index in [9.17, 15) is 22.8 Å². The van der Waals surface area contributed by atoms with Gasteiger partial charge in [0.1, 0.15) is 0 Å². The molecule has 2 aromatic carbocycles. The van der Waals surface area contributed by atoms with E-state index in [1.165, 1.54) is 32.2 Å². The number of amides is 3. The standard InChI is InChI=1S/C21H25N3O6S/c1-12-10-13(2)18(14(3)11-12)31(28,29)24-17-9-7-6-8-16(17)20(26)30-15(4)19(25)23-21(27)22-5/h6-11,15,24H,1-5H3,(H2,22,23,25,27). The van der Waals surface area contributed by atoms with Crippen LogP contribution in [0.5, 0.6) is 0 Å². The van der Waals surface area contributed by atoms with Crippen LogP contribution < -0.4 is 15.4 Å². The van der Waals surface area contributed by atoms with E-state index in [1.54, 1.807) is 32.0 Å². The fourth-order valence-corrected chi connectivity index (χ4v) is 4.63. The molecule has 9 nitrogen and oxygen atoms in total. The molecule has 0 aliphatic heterocycles. The first kappa shape index (κ1) is 23.9. The quantitative estimate of drug-likeness (QED) is 0.583. The van der Waals surface area contributed by atoms with Crippen molar-refractivity contribution in [3.05, 3.63) is 58.7 Å². The second-order valence-electron chi connectivity index (χ2n) is 6.99. The number of anilines is 1. The molecule has 0 saturated carbocycles. The highest BCUT2D eigenvalue weighted by Crippen LogP contribution is 2.26. The Hall–Kier alpha value is -3.40. The van der Waals surface area contributed by atoms with Crippen LogP contribution in [0.1, 0.15) is 34.0 Å². The molecule has 0 saturated heterocycles. The van der Waals surface area contributed by atoms with Crippen molar-refractivity contribution in [3.8, 4) is 0 Å². The zero-order valence-electron chi connectivity index (χ0n) is 17.9. The molecule has 166 valence electrons. The lowest BCUT2D eigenvalue weighted by atomic mass is 10.1. The van der Waals surface area contributed by atoms with Crippen molar-refractivity contribution in [2.24, 2.45) is 0 Å².